The Bertz CT molecular complexity index is 753. The minimum atomic E-state index is 0.196. The number of aromatic nitrogens is 3. The number of hydrogen-bond acceptors (Lipinski definition) is 4. The van der Waals surface area contributed by atoms with Crippen LogP contribution in [0.15, 0.2) is 46.1 Å². The van der Waals surface area contributed by atoms with Crippen molar-refractivity contribution in [3.05, 3.63) is 46.7 Å². The van der Waals surface area contributed by atoms with Gasteiger partial charge in [-0.2, -0.15) is 10.1 Å². The van der Waals surface area contributed by atoms with Gasteiger partial charge in [0.2, 0.25) is 5.95 Å². The summed E-state index contributed by atoms with van der Waals surface area (Å²) in [5.41, 5.74) is 0.613. The fourth-order valence-electron chi connectivity index (χ4n) is 1.83. The topological polar surface area (TPSA) is 74.2 Å². The van der Waals surface area contributed by atoms with Gasteiger partial charge in [-0.05, 0) is 11.5 Å². The number of H-pyrrole nitrogens is 1. The number of phenolic OH excluding ortho intramolecular Hbond substituents is 1. The molecular formula is C13H9BrN4O. The quantitative estimate of drug-likeness (QED) is 0.713. The number of aliphatic imine (C=N–C) groups is 1. The highest BCUT2D eigenvalue weighted by Crippen LogP contribution is 2.33. The Hall–Kier alpha value is -2.21. The molecule has 2 aromatic carbocycles. The Kier molecular flexibility index (Phi) is 3.00. The molecule has 0 unspecified atom stereocenters. The third-order valence-corrected chi connectivity index (χ3v) is 3.38. The van der Waals surface area contributed by atoms with Crippen molar-refractivity contribution in [3.8, 4) is 5.75 Å². The molecule has 3 aromatic rings. The highest BCUT2D eigenvalue weighted by Gasteiger charge is 2.08. The van der Waals surface area contributed by atoms with E-state index in [-0.39, 0.29) is 5.75 Å². The van der Waals surface area contributed by atoms with E-state index in [0.717, 1.165) is 15.2 Å². The van der Waals surface area contributed by atoms with E-state index in [9.17, 15) is 5.11 Å². The zero-order valence-electron chi connectivity index (χ0n) is 9.71. The molecule has 0 aliphatic carbocycles. The Morgan fingerprint density at radius 1 is 1.26 bits per heavy atom. The molecule has 3 rings (SSSR count). The van der Waals surface area contributed by atoms with Gasteiger partial charge in [0.1, 0.15) is 12.1 Å². The van der Waals surface area contributed by atoms with Crippen LogP contribution in [-0.2, 0) is 0 Å². The van der Waals surface area contributed by atoms with Gasteiger partial charge in [0, 0.05) is 21.6 Å². The predicted molar refractivity (Wildman–Crippen MR) is 76.9 cm³/mol. The van der Waals surface area contributed by atoms with Gasteiger partial charge in [0.05, 0.1) is 0 Å². The van der Waals surface area contributed by atoms with Crippen molar-refractivity contribution in [1.29, 1.82) is 0 Å². The van der Waals surface area contributed by atoms with E-state index in [0.29, 0.717) is 11.5 Å². The summed E-state index contributed by atoms with van der Waals surface area (Å²) in [5.74, 6) is 0.589. The number of fused-ring (bicyclic) bond motifs is 1. The van der Waals surface area contributed by atoms with E-state index in [2.05, 4.69) is 36.1 Å². The number of nitrogens with one attached hydrogen (secondary N) is 1. The number of aromatic hydroxyl groups is 1. The largest absolute Gasteiger partial charge is 0.507 e. The molecule has 0 radical (unpaired) electrons. The van der Waals surface area contributed by atoms with Gasteiger partial charge in [-0.25, -0.2) is 10.1 Å². The van der Waals surface area contributed by atoms with Crippen LogP contribution in [0.2, 0.25) is 0 Å². The maximum atomic E-state index is 10.2. The van der Waals surface area contributed by atoms with Gasteiger partial charge in [-0.3, -0.25) is 0 Å². The maximum Gasteiger partial charge on any atom is 0.245 e. The molecule has 0 fully saturated rings. The van der Waals surface area contributed by atoms with E-state index in [1.165, 1.54) is 6.33 Å². The highest BCUT2D eigenvalue weighted by molar-refractivity contribution is 9.10. The van der Waals surface area contributed by atoms with Crippen LogP contribution in [0.5, 0.6) is 5.75 Å². The summed E-state index contributed by atoms with van der Waals surface area (Å²) in [6.45, 7) is 0. The lowest BCUT2D eigenvalue weighted by molar-refractivity contribution is 0.481. The monoisotopic (exact) mass is 316 g/mol. The molecular weight excluding hydrogens is 308 g/mol. The van der Waals surface area contributed by atoms with Crippen LogP contribution in [0.25, 0.3) is 10.8 Å². The number of nitrogens with zero attached hydrogens (tertiary/aromatic N) is 3. The first-order valence-electron chi connectivity index (χ1n) is 5.55. The van der Waals surface area contributed by atoms with Crippen molar-refractivity contribution in [2.45, 2.75) is 0 Å². The number of benzene rings is 2. The first-order valence-corrected chi connectivity index (χ1v) is 6.34. The highest BCUT2D eigenvalue weighted by atomic mass is 79.9. The van der Waals surface area contributed by atoms with Crippen molar-refractivity contribution in [2.75, 3.05) is 0 Å². The van der Waals surface area contributed by atoms with Crippen LogP contribution in [0, 0.1) is 0 Å². The normalized spacial score (nSPS) is 11.4. The van der Waals surface area contributed by atoms with Crippen molar-refractivity contribution in [3.63, 3.8) is 0 Å². The first-order chi connectivity index (χ1) is 9.25. The second kappa shape index (κ2) is 4.81. The molecule has 1 heterocycles. The zero-order chi connectivity index (χ0) is 13.2. The van der Waals surface area contributed by atoms with Crippen LogP contribution in [-0.4, -0.2) is 26.5 Å². The Morgan fingerprint density at radius 3 is 2.79 bits per heavy atom. The summed E-state index contributed by atoms with van der Waals surface area (Å²) in [7, 11) is 0. The Labute approximate surface area is 117 Å². The summed E-state index contributed by atoms with van der Waals surface area (Å²) in [5, 5.41) is 18.3. The van der Waals surface area contributed by atoms with Crippen molar-refractivity contribution >= 4 is 38.9 Å². The van der Waals surface area contributed by atoms with Crippen LogP contribution in [0.1, 0.15) is 5.56 Å². The summed E-state index contributed by atoms with van der Waals surface area (Å²) < 4.78 is 0.903. The molecule has 94 valence electrons. The Morgan fingerprint density at radius 2 is 2.05 bits per heavy atom. The summed E-state index contributed by atoms with van der Waals surface area (Å²) in [6, 6.07) is 9.43. The van der Waals surface area contributed by atoms with E-state index >= 15 is 0 Å². The van der Waals surface area contributed by atoms with E-state index in [1.807, 2.05) is 30.3 Å². The Balaban J connectivity index is 2.12. The number of phenols is 1. The van der Waals surface area contributed by atoms with Gasteiger partial charge in [0.15, 0.2) is 0 Å². The van der Waals surface area contributed by atoms with Crippen LogP contribution < -0.4 is 0 Å². The molecule has 0 atom stereocenters. The molecule has 0 saturated carbocycles. The molecule has 0 amide bonds. The zero-order valence-corrected chi connectivity index (χ0v) is 11.3. The van der Waals surface area contributed by atoms with Crippen LogP contribution >= 0.6 is 15.9 Å². The number of rotatable bonds is 2. The molecule has 0 aliphatic heterocycles. The van der Waals surface area contributed by atoms with Gasteiger partial charge in [-0.1, -0.05) is 40.2 Å². The van der Waals surface area contributed by atoms with Gasteiger partial charge in [0.25, 0.3) is 0 Å². The van der Waals surface area contributed by atoms with Gasteiger partial charge >= 0.3 is 0 Å². The van der Waals surface area contributed by atoms with Crippen LogP contribution in [0.3, 0.4) is 0 Å². The van der Waals surface area contributed by atoms with Crippen molar-refractivity contribution in [1.82, 2.24) is 15.2 Å². The molecule has 5 nitrogen and oxygen atoms in total. The third-order valence-electron chi connectivity index (χ3n) is 2.72. The molecule has 6 heteroatoms. The molecule has 0 aliphatic rings. The van der Waals surface area contributed by atoms with E-state index in [1.54, 1.807) is 6.21 Å². The lowest BCUT2D eigenvalue weighted by Crippen LogP contribution is -1.86. The molecule has 0 bridgehead atoms. The fraction of sp³-hybridized carbons (Fsp3) is 0. The lowest BCUT2D eigenvalue weighted by Gasteiger charge is -2.06. The number of aromatic amines is 1. The standard InChI is InChI=1S/C13H9BrN4O/c14-11-5-8(6-15-13-16-7-17-18-13)12(19)10-4-2-1-3-9(10)11/h1-7,19H,(H,16,17,18)/b15-6+. The van der Waals surface area contributed by atoms with Crippen molar-refractivity contribution < 1.29 is 5.11 Å². The molecule has 0 saturated heterocycles. The molecule has 0 spiro atoms. The van der Waals surface area contributed by atoms with E-state index < -0.39 is 0 Å². The molecule has 2 N–H and O–H groups in total. The average Bonchev–Trinajstić information content (AvgIpc) is 2.95. The SMILES string of the molecule is Oc1c(/C=N/c2ncn[nH]2)cc(Br)c2ccccc12. The molecule has 19 heavy (non-hydrogen) atoms. The maximum absolute atomic E-state index is 10.2. The average molecular weight is 317 g/mol. The predicted octanol–water partition coefficient (Wildman–Crippen LogP) is 3.18. The first kappa shape index (κ1) is 11.9. The number of hydrogen-bond donors (Lipinski definition) is 2. The number of halogens is 1. The fourth-order valence-corrected chi connectivity index (χ4v) is 2.42. The minimum Gasteiger partial charge on any atom is -0.507 e. The molecule has 1 aromatic heterocycles. The summed E-state index contributed by atoms with van der Waals surface area (Å²) >= 11 is 3.49. The second-order valence-electron chi connectivity index (χ2n) is 3.91. The van der Waals surface area contributed by atoms with Gasteiger partial charge < -0.3 is 5.11 Å². The third kappa shape index (κ3) is 2.22. The smallest absolute Gasteiger partial charge is 0.245 e. The van der Waals surface area contributed by atoms with Crippen molar-refractivity contribution in [2.24, 2.45) is 4.99 Å². The minimum absolute atomic E-state index is 0.196. The lowest BCUT2D eigenvalue weighted by atomic mass is 10.1. The summed E-state index contributed by atoms with van der Waals surface area (Å²) in [6.07, 6.45) is 2.93. The second-order valence-corrected chi connectivity index (χ2v) is 4.76. The van der Waals surface area contributed by atoms with Crippen LogP contribution in [0.4, 0.5) is 5.95 Å². The summed E-state index contributed by atoms with van der Waals surface area (Å²) in [4.78, 5) is 8.00. The van der Waals surface area contributed by atoms with Gasteiger partial charge in [-0.15, -0.1) is 0 Å². The van der Waals surface area contributed by atoms with E-state index in [4.69, 9.17) is 0 Å².